The summed E-state index contributed by atoms with van der Waals surface area (Å²) in [6.07, 6.45) is 2.42. The van der Waals surface area contributed by atoms with E-state index in [9.17, 15) is 0 Å². The summed E-state index contributed by atoms with van der Waals surface area (Å²) in [6, 6.07) is 8.04. The van der Waals surface area contributed by atoms with Gasteiger partial charge in [-0.3, -0.25) is 0 Å². The molecule has 1 aromatic carbocycles. The van der Waals surface area contributed by atoms with Crippen LogP contribution < -0.4 is 15.4 Å². The second kappa shape index (κ2) is 12.1. The number of aryl methyl sites for hydroxylation is 2. The van der Waals surface area contributed by atoms with Gasteiger partial charge in [-0.1, -0.05) is 18.2 Å². The van der Waals surface area contributed by atoms with Crippen molar-refractivity contribution < 1.29 is 9.47 Å². The number of ether oxygens (including phenoxy) is 2. The molecule has 0 saturated carbocycles. The highest BCUT2D eigenvalue weighted by molar-refractivity contribution is 14.0. The molecule has 1 saturated heterocycles. The van der Waals surface area contributed by atoms with E-state index in [0.717, 1.165) is 54.9 Å². The van der Waals surface area contributed by atoms with Gasteiger partial charge in [0, 0.05) is 20.2 Å². The Bertz CT molecular complexity index is 820. The van der Waals surface area contributed by atoms with Gasteiger partial charge in [0.2, 0.25) is 0 Å². The number of guanidine groups is 1. The molecule has 0 amide bonds. The van der Waals surface area contributed by atoms with Crippen LogP contribution in [0.5, 0.6) is 5.75 Å². The van der Waals surface area contributed by atoms with Crippen molar-refractivity contribution in [3.63, 3.8) is 0 Å². The van der Waals surface area contributed by atoms with Crippen molar-refractivity contribution in [2.24, 2.45) is 12.0 Å². The maximum atomic E-state index is 6.06. The van der Waals surface area contributed by atoms with E-state index in [1.54, 1.807) is 0 Å². The Labute approximate surface area is 195 Å². The van der Waals surface area contributed by atoms with Crippen LogP contribution in [0.15, 0.2) is 29.3 Å². The highest BCUT2D eigenvalue weighted by atomic mass is 127. The average Bonchev–Trinajstić information content (AvgIpc) is 3.34. The molecule has 1 aliphatic heterocycles. The third kappa shape index (κ3) is 7.12. The van der Waals surface area contributed by atoms with E-state index in [1.807, 2.05) is 43.7 Å². The molecular weight excluding hydrogens is 495 g/mol. The van der Waals surface area contributed by atoms with Crippen LogP contribution in [0.4, 0.5) is 0 Å². The van der Waals surface area contributed by atoms with E-state index in [2.05, 4.69) is 38.8 Å². The summed E-state index contributed by atoms with van der Waals surface area (Å²) in [4.78, 5) is 4.69. The second-order valence-electron chi connectivity index (χ2n) is 7.48. The number of benzene rings is 1. The van der Waals surface area contributed by atoms with Crippen LogP contribution in [0.25, 0.3) is 0 Å². The predicted molar refractivity (Wildman–Crippen MR) is 129 cm³/mol. The number of para-hydroxylation sites is 1. The van der Waals surface area contributed by atoms with Crippen molar-refractivity contribution in [3.8, 4) is 5.75 Å². The van der Waals surface area contributed by atoms with Crippen molar-refractivity contribution in [1.29, 1.82) is 0 Å². The zero-order valence-corrected chi connectivity index (χ0v) is 20.6. The normalized spacial score (nSPS) is 17.3. The van der Waals surface area contributed by atoms with E-state index in [0.29, 0.717) is 13.1 Å². The van der Waals surface area contributed by atoms with Gasteiger partial charge in [0.05, 0.1) is 12.6 Å². The van der Waals surface area contributed by atoms with E-state index < -0.39 is 0 Å². The summed E-state index contributed by atoms with van der Waals surface area (Å²) in [5.74, 6) is 3.32. The summed E-state index contributed by atoms with van der Waals surface area (Å²) in [7, 11) is 1.95. The Morgan fingerprint density at radius 2 is 2.10 bits per heavy atom. The highest BCUT2D eigenvalue weighted by Gasteiger charge is 2.16. The lowest BCUT2D eigenvalue weighted by atomic mass is 10.2. The summed E-state index contributed by atoms with van der Waals surface area (Å²) >= 11 is 0. The minimum absolute atomic E-state index is 0. The minimum atomic E-state index is -0.0112. The zero-order chi connectivity index (χ0) is 20.6. The molecule has 166 valence electrons. The molecule has 0 radical (unpaired) electrons. The fraction of sp³-hybridized carbons (Fsp3) is 0.571. The first-order chi connectivity index (χ1) is 14.0. The standard InChI is InChI=1S/C21H32N6O2.HI/c1-15-8-5-6-10-19(15)29-16(2)12-22-21(23-13-18-9-7-11-28-18)24-14-20-26-25-17(3)27(20)4;/h5-6,8,10,16,18H,7,9,11-14H2,1-4H3,(H2,22,23,24);1H. The van der Waals surface area contributed by atoms with E-state index in [4.69, 9.17) is 9.47 Å². The highest BCUT2D eigenvalue weighted by Crippen LogP contribution is 2.17. The fourth-order valence-corrected chi connectivity index (χ4v) is 3.12. The van der Waals surface area contributed by atoms with Crippen molar-refractivity contribution >= 4 is 29.9 Å². The summed E-state index contributed by atoms with van der Waals surface area (Å²) < 4.78 is 13.7. The molecule has 2 N–H and O–H groups in total. The molecular formula is C21H33IN6O2. The molecule has 1 fully saturated rings. The lowest BCUT2D eigenvalue weighted by Gasteiger charge is -2.20. The smallest absolute Gasteiger partial charge is 0.191 e. The van der Waals surface area contributed by atoms with Gasteiger partial charge < -0.3 is 24.7 Å². The van der Waals surface area contributed by atoms with Crippen LogP contribution >= 0.6 is 24.0 Å². The zero-order valence-electron chi connectivity index (χ0n) is 18.2. The van der Waals surface area contributed by atoms with Gasteiger partial charge in [-0.05, 0) is 45.2 Å². The molecule has 2 unspecified atom stereocenters. The van der Waals surface area contributed by atoms with Gasteiger partial charge in [-0.2, -0.15) is 0 Å². The first-order valence-corrected chi connectivity index (χ1v) is 10.2. The molecule has 2 heterocycles. The van der Waals surface area contributed by atoms with Crippen LogP contribution in [0.2, 0.25) is 0 Å². The lowest BCUT2D eigenvalue weighted by Crippen LogP contribution is -2.44. The van der Waals surface area contributed by atoms with Gasteiger partial charge >= 0.3 is 0 Å². The summed E-state index contributed by atoms with van der Waals surface area (Å²) in [5, 5.41) is 15.1. The Morgan fingerprint density at radius 3 is 2.77 bits per heavy atom. The number of hydrogen-bond acceptors (Lipinski definition) is 5. The molecule has 0 bridgehead atoms. The molecule has 0 aliphatic carbocycles. The third-order valence-electron chi connectivity index (χ3n) is 5.06. The Hall–Kier alpha value is -1.88. The largest absolute Gasteiger partial charge is 0.489 e. The van der Waals surface area contributed by atoms with Crippen LogP contribution in [0, 0.1) is 13.8 Å². The predicted octanol–water partition coefficient (Wildman–Crippen LogP) is 2.73. The van der Waals surface area contributed by atoms with Crippen molar-refractivity contribution in [1.82, 2.24) is 25.4 Å². The Balaban J connectivity index is 0.00000320. The monoisotopic (exact) mass is 528 g/mol. The summed E-state index contributed by atoms with van der Waals surface area (Å²) in [5.41, 5.74) is 1.13. The maximum absolute atomic E-state index is 6.06. The maximum Gasteiger partial charge on any atom is 0.191 e. The Morgan fingerprint density at radius 1 is 1.30 bits per heavy atom. The molecule has 0 spiro atoms. The molecule has 8 nitrogen and oxygen atoms in total. The number of nitrogens with one attached hydrogen (secondary N) is 2. The number of halogens is 1. The SMILES string of the molecule is Cc1ccccc1OC(C)CNC(=NCc1nnc(C)n1C)NCC1CCCO1.I. The number of nitrogens with zero attached hydrogens (tertiary/aromatic N) is 4. The average molecular weight is 528 g/mol. The van der Waals surface area contributed by atoms with Gasteiger partial charge in [-0.15, -0.1) is 34.2 Å². The van der Waals surface area contributed by atoms with Crippen molar-refractivity contribution in [2.45, 2.75) is 52.4 Å². The van der Waals surface area contributed by atoms with Gasteiger partial charge in [-0.25, -0.2) is 4.99 Å². The Kier molecular flexibility index (Phi) is 9.83. The second-order valence-corrected chi connectivity index (χ2v) is 7.48. The van der Waals surface area contributed by atoms with Crippen LogP contribution in [0.1, 0.15) is 37.0 Å². The molecule has 1 aliphatic rings. The van der Waals surface area contributed by atoms with Crippen molar-refractivity contribution in [3.05, 3.63) is 41.5 Å². The van der Waals surface area contributed by atoms with Gasteiger partial charge in [0.25, 0.3) is 0 Å². The fourth-order valence-electron chi connectivity index (χ4n) is 3.12. The third-order valence-corrected chi connectivity index (χ3v) is 5.06. The van der Waals surface area contributed by atoms with E-state index >= 15 is 0 Å². The summed E-state index contributed by atoms with van der Waals surface area (Å²) in [6.45, 7) is 8.68. The van der Waals surface area contributed by atoms with Crippen LogP contribution in [-0.4, -0.2) is 52.6 Å². The number of aromatic nitrogens is 3. The topological polar surface area (TPSA) is 85.6 Å². The minimum Gasteiger partial charge on any atom is -0.489 e. The van der Waals surface area contributed by atoms with Crippen LogP contribution in [0.3, 0.4) is 0 Å². The quantitative estimate of drug-likeness (QED) is 0.312. The van der Waals surface area contributed by atoms with Crippen LogP contribution in [-0.2, 0) is 18.3 Å². The molecule has 2 aromatic rings. The van der Waals surface area contributed by atoms with Gasteiger partial charge in [0.1, 0.15) is 24.2 Å². The van der Waals surface area contributed by atoms with E-state index in [-0.39, 0.29) is 36.2 Å². The number of hydrogen-bond donors (Lipinski definition) is 2. The lowest BCUT2D eigenvalue weighted by molar-refractivity contribution is 0.113. The van der Waals surface area contributed by atoms with E-state index in [1.165, 1.54) is 0 Å². The molecule has 9 heteroatoms. The first kappa shape index (κ1) is 24.4. The van der Waals surface area contributed by atoms with Crippen molar-refractivity contribution in [2.75, 3.05) is 19.7 Å². The molecule has 30 heavy (non-hydrogen) atoms. The number of aliphatic imine (C=N–C) groups is 1. The molecule has 1 aromatic heterocycles. The number of rotatable bonds is 8. The molecule has 2 atom stereocenters. The first-order valence-electron chi connectivity index (χ1n) is 10.2. The van der Waals surface area contributed by atoms with Gasteiger partial charge in [0.15, 0.2) is 11.8 Å². The molecule has 3 rings (SSSR count).